The second-order valence-electron chi connectivity index (χ2n) is 4.74. The van der Waals surface area contributed by atoms with E-state index in [1.165, 1.54) is 12.1 Å². The molecule has 8 heteroatoms. The summed E-state index contributed by atoms with van der Waals surface area (Å²) in [5.41, 5.74) is 0.887. The van der Waals surface area contributed by atoms with E-state index in [0.29, 0.717) is 0 Å². The van der Waals surface area contributed by atoms with E-state index in [9.17, 15) is 9.59 Å². The lowest BCUT2D eigenvalue weighted by atomic mass is 10.2. The maximum Gasteiger partial charge on any atom is 0.331 e. The van der Waals surface area contributed by atoms with E-state index in [0.717, 1.165) is 5.56 Å². The fourth-order valence-electron chi connectivity index (χ4n) is 1.77. The van der Waals surface area contributed by atoms with Gasteiger partial charge in [-0.15, -0.1) is 0 Å². The van der Waals surface area contributed by atoms with E-state index >= 15 is 0 Å². The fraction of sp³-hybridized carbons (Fsp3) is 0.0588. The second-order valence-corrected chi connectivity index (χ2v) is 6.31. The van der Waals surface area contributed by atoms with Crippen molar-refractivity contribution in [2.24, 2.45) is 0 Å². The maximum atomic E-state index is 11.9. The molecule has 1 amide bonds. The minimum atomic E-state index is -0.666. The molecular weight excluding hydrogens is 408 g/mol. The lowest BCUT2D eigenvalue weighted by Crippen LogP contribution is -2.20. The summed E-state index contributed by atoms with van der Waals surface area (Å²) >= 11 is 23.7. The third-order valence-corrected chi connectivity index (χ3v) is 4.51. The van der Waals surface area contributed by atoms with Gasteiger partial charge in [-0.05, 0) is 17.7 Å². The molecular formula is C17H11Cl4NO3. The molecule has 0 unspecified atom stereocenters. The van der Waals surface area contributed by atoms with Gasteiger partial charge in [0.05, 0.1) is 25.8 Å². The average molecular weight is 419 g/mol. The van der Waals surface area contributed by atoms with Crippen LogP contribution in [-0.4, -0.2) is 18.5 Å². The molecule has 0 fully saturated rings. The number of benzene rings is 2. The first-order valence-electron chi connectivity index (χ1n) is 6.91. The van der Waals surface area contributed by atoms with Gasteiger partial charge in [-0.25, -0.2) is 4.79 Å². The molecule has 2 rings (SSSR count). The van der Waals surface area contributed by atoms with E-state index in [2.05, 4.69) is 5.32 Å². The molecule has 0 saturated carbocycles. The zero-order chi connectivity index (χ0) is 18.4. The normalized spacial score (nSPS) is 10.7. The molecule has 130 valence electrons. The van der Waals surface area contributed by atoms with Gasteiger partial charge in [0.15, 0.2) is 6.61 Å². The Morgan fingerprint density at radius 3 is 2.20 bits per heavy atom. The van der Waals surface area contributed by atoms with Gasteiger partial charge in [0, 0.05) is 6.08 Å². The first-order valence-corrected chi connectivity index (χ1v) is 8.42. The Balaban J connectivity index is 1.93. The third kappa shape index (κ3) is 5.65. The lowest BCUT2D eigenvalue weighted by molar-refractivity contribution is -0.142. The number of hydrogen-bond donors (Lipinski definition) is 1. The van der Waals surface area contributed by atoms with Crippen LogP contribution in [0.3, 0.4) is 0 Å². The number of ether oxygens (including phenoxy) is 1. The zero-order valence-electron chi connectivity index (χ0n) is 12.6. The van der Waals surface area contributed by atoms with Gasteiger partial charge in [0.2, 0.25) is 0 Å². The van der Waals surface area contributed by atoms with Crippen molar-refractivity contribution in [3.63, 3.8) is 0 Å². The van der Waals surface area contributed by atoms with Gasteiger partial charge in [0.1, 0.15) is 0 Å². The number of carbonyl (C=O) groups excluding carboxylic acids is 2. The Morgan fingerprint density at radius 2 is 1.60 bits per heavy atom. The van der Waals surface area contributed by atoms with Gasteiger partial charge in [0.25, 0.3) is 5.91 Å². The van der Waals surface area contributed by atoms with Gasteiger partial charge >= 0.3 is 5.97 Å². The standard InChI is InChI=1S/C17H11Cl4NO3/c18-11-8-12(19)16(21)17(15(11)20)22-13(23)9-25-14(24)7-6-10-4-2-1-3-5-10/h1-8H,9H2,(H,22,23)/b7-6+. The summed E-state index contributed by atoms with van der Waals surface area (Å²) < 4.78 is 4.85. The Bertz CT molecular complexity index is 796. The number of anilines is 1. The average Bonchev–Trinajstić information content (AvgIpc) is 2.61. The molecule has 0 aliphatic heterocycles. The van der Waals surface area contributed by atoms with Crippen LogP contribution in [0.1, 0.15) is 5.56 Å². The van der Waals surface area contributed by atoms with E-state index in [4.69, 9.17) is 51.1 Å². The summed E-state index contributed by atoms with van der Waals surface area (Å²) in [6.07, 6.45) is 2.80. The number of halogens is 4. The fourth-order valence-corrected chi connectivity index (χ4v) is 2.68. The summed E-state index contributed by atoms with van der Waals surface area (Å²) in [5.74, 6) is -1.30. The summed E-state index contributed by atoms with van der Waals surface area (Å²) in [6, 6.07) is 10.5. The predicted octanol–water partition coefficient (Wildman–Crippen LogP) is 5.50. The van der Waals surface area contributed by atoms with Crippen LogP contribution in [0.15, 0.2) is 42.5 Å². The van der Waals surface area contributed by atoms with Crippen molar-refractivity contribution in [3.8, 4) is 0 Å². The largest absolute Gasteiger partial charge is 0.452 e. The molecule has 0 saturated heterocycles. The highest BCUT2D eigenvalue weighted by Gasteiger charge is 2.16. The van der Waals surface area contributed by atoms with Crippen LogP contribution in [0.4, 0.5) is 5.69 Å². The third-order valence-electron chi connectivity index (χ3n) is 2.93. The van der Waals surface area contributed by atoms with Crippen LogP contribution in [0.2, 0.25) is 20.1 Å². The van der Waals surface area contributed by atoms with Crippen LogP contribution in [0, 0.1) is 0 Å². The minimum Gasteiger partial charge on any atom is -0.452 e. The van der Waals surface area contributed by atoms with Crippen molar-refractivity contribution in [1.82, 2.24) is 0 Å². The quantitative estimate of drug-likeness (QED) is 0.396. The number of carbonyl (C=O) groups is 2. The van der Waals surface area contributed by atoms with E-state index < -0.39 is 18.5 Å². The lowest BCUT2D eigenvalue weighted by Gasteiger charge is -2.11. The first-order chi connectivity index (χ1) is 11.9. The van der Waals surface area contributed by atoms with Crippen LogP contribution in [0.25, 0.3) is 6.08 Å². The maximum absolute atomic E-state index is 11.9. The number of amides is 1. The number of esters is 1. The van der Waals surface area contributed by atoms with E-state index in [-0.39, 0.29) is 25.8 Å². The predicted molar refractivity (Wildman–Crippen MR) is 102 cm³/mol. The van der Waals surface area contributed by atoms with Crippen molar-refractivity contribution in [3.05, 3.63) is 68.1 Å². The van der Waals surface area contributed by atoms with E-state index in [1.54, 1.807) is 6.08 Å². The molecule has 0 aromatic heterocycles. The smallest absolute Gasteiger partial charge is 0.331 e. The van der Waals surface area contributed by atoms with Crippen LogP contribution >= 0.6 is 46.4 Å². The molecule has 4 nitrogen and oxygen atoms in total. The highest BCUT2D eigenvalue weighted by atomic mass is 35.5. The van der Waals surface area contributed by atoms with Gasteiger partial charge < -0.3 is 10.1 Å². The molecule has 25 heavy (non-hydrogen) atoms. The van der Waals surface area contributed by atoms with Crippen LogP contribution in [0.5, 0.6) is 0 Å². The highest BCUT2D eigenvalue weighted by Crippen LogP contribution is 2.40. The Kier molecular flexibility index (Phi) is 7.14. The summed E-state index contributed by atoms with van der Waals surface area (Å²) in [6.45, 7) is -0.519. The summed E-state index contributed by atoms with van der Waals surface area (Å²) in [7, 11) is 0. The Hall–Kier alpha value is -1.72. The molecule has 1 N–H and O–H groups in total. The van der Waals surface area contributed by atoms with Crippen molar-refractivity contribution >= 4 is 70.0 Å². The van der Waals surface area contributed by atoms with E-state index in [1.807, 2.05) is 30.3 Å². The zero-order valence-corrected chi connectivity index (χ0v) is 15.6. The molecule has 0 atom stereocenters. The van der Waals surface area contributed by atoms with Gasteiger partial charge in [-0.3, -0.25) is 4.79 Å². The second kappa shape index (κ2) is 9.11. The molecule has 2 aromatic carbocycles. The Morgan fingerprint density at radius 1 is 1.00 bits per heavy atom. The van der Waals surface area contributed by atoms with Crippen molar-refractivity contribution in [2.45, 2.75) is 0 Å². The minimum absolute atomic E-state index is 0.0414. The molecule has 2 aromatic rings. The number of hydrogen-bond acceptors (Lipinski definition) is 3. The molecule has 0 radical (unpaired) electrons. The molecule has 0 heterocycles. The summed E-state index contributed by atoms with van der Waals surface area (Å²) in [5, 5.41) is 2.77. The Labute approximate surface area is 164 Å². The first kappa shape index (κ1) is 19.6. The topological polar surface area (TPSA) is 55.4 Å². The van der Waals surface area contributed by atoms with Crippen molar-refractivity contribution < 1.29 is 14.3 Å². The van der Waals surface area contributed by atoms with Gasteiger partial charge in [-0.2, -0.15) is 0 Å². The highest BCUT2D eigenvalue weighted by molar-refractivity contribution is 6.50. The molecule has 0 aliphatic rings. The van der Waals surface area contributed by atoms with Crippen molar-refractivity contribution in [1.29, 1.82) is 0 Å². The van der Waals surface area contributed by atoms with Crippen LogP contribution < -0.4 is 5.32 Å². The summed E-state index contributed by atoms with van der Waals surface area (Å²) in [4.78, 5) is 23.5. The van der Waals surface area contributed by atoms with Gasteiger partial charge in [-0.1, -0.05) is 76.7 Å². The monoisotopic (exact) mass is 417 g/mol. The molecule has 0 spiro atoms. The molecule has 0 bridgehead atoms. The SMILES string of the molecule is O=C(COC(=O)/C=C/c1ccccc1)Nc1c(Cl)c(Cl)cc(Cl)c1Cl. The number of nitrogens with one attached hydrogen (secondary N) is 1. The van der Waals surface area contributed by atoms with Crippen LogP contribution in [-0.2, 0) is 14.3 Å². The number of rotatable bonds is 5. The molecule has 0 aliphatic carbocycles. The van der Waals surface area contributed by atoms with Crippen molar-refractivity contribution in [2.75, 3.05) is 11.9 Å².